The van der Waals surface area contributed by atoms with E-state index in [1.807, 2.05) is 13.0 Å². The Morgan fingerprint density at radius 3 is 2.80 bits per heavy atom. The summed E-state index contributed by atoms with van der Waals surface area (Å²) < 4.78 is 15.0. The lowest BCUT2D eigenvalue weighted by molar-refractivity contribution is -0.122. The fraction of sp³-hybridized carbons (Fsp3) is 0.333. The minimum absolute atomic E-state index is 0.0661. The van der Waals surface area contributed by atoms with E-state index in [2.05, 4.69) is 10.1 Å². The molecule has 0 bridgehead atoms. The van der Waals surface area contributed by atoms with Gasteiger partial charge in [-0.25, -0.2) is 13.9 Å². The molecule has 1 unspecified atom stereocenters. The highest BCUT2D eigenvalue weighted by molar-refractivity contribution is 5.94. The Morgan fingerprint density at radius 2 is 2.10 bits per heavy atom. The molecule has 1 fully saturated rings. The van der Waals surface area contributed by atoms with Crippen molar-refractivity contribution in [3.05, 3.63) is 69.0 Å². The van der Waals surface area contributed by atoms with Gasteiger partial charge in [0.2, 0.25) is 0 Å². The average Bonchev–Trinajstić information content (AvgIpc) is 3.32. The van der Waals surface area contributed by atoms with E-state index in [1.165, 1.54) is 10.7 Å². The van der Waals surface area contributed by atoms with Crippen LogP contribution in [0.15, 0.2) is 35.3 Å². The second-order valence-corrected chi connectivity index (χ2v) is 7.41. The average molecular weight is 414 g/mol. The second kappa shape index (κ2) is 8.89. The molecule has 8 nitrogen and oxygen atoms in total. The molecule has 1 aliphatic heterocycles. The molecule has 30 heavy (non-hydrogen) atoms. The number of hydrogen-bond donors (Lipinski definition) is 2. The molecule has 158 valence electrons. The van der Waals surface area contributed by atoms with Crippen LogP contribution in [0, 0.1) is 25.6 Å². The lowest BCUT2D eigenvalue weighted by Gasteiger charge is -2.16. The highest BCUT2D eigenvalue weighted by Crippen LogP contribution is 2.23. The number of hydrogen-bond acceptors (Lipinski definition) is 4. The van der Waals surface area contributed by atoms with Crippen LogP contribution in [0.1, 0.15) is 33.6 Å². The van der Waals surface area contributed by atoms with Gasteiger partial charge in [0.25, 0.3) is 17.9 Å². The molecule has 3 heterocycles. The molecule has 1 aliphatic rings. The topological polar surface area (TPSA) is 108 Å². The maximum atomic E-state index is 13.7. The normalized spacial score (nSPS) is 15.7. The third-order valence-electron chi connectivity index (χ3n) is 5.19. The number of aryl methyl sites for hydroxylation is 2. The number of nitrogens with zero attached hydrogens (tertiary/aromatic N) is 3. The van der Waals surface area contributed by atoms with Crippen LogP contribution in [0.2, 0.25) is 0 Å². The summed E-state index contributed by atoms with van der Waals surface area (Å²) in [7, 11) is 0. The highest BCUT2D eigenvalue weighted by Gasteiger charge is 2.29. The van der Waals surface area contributed by atoms with Crippen molar-refractivity contribution in [1.82, 2.24) is 19.5 Å². The van der Waals surface area contributed by atoms with Crippen LogP contribution >= 0.6 is 0 Å². The molecule has 1 aromatic carbocycles. The molecule has 9 heteroatoms. The fourth-order valence-corrected chi connectivity index (χ4v) is 3.68. The largest absolute Gasteiger partial charge is 0.483 e. The molecule has 0 radical (unpaired) electrons. The van der Waals surface area contributed by atoms with E-state index in [9.17, 15) is 14.0 Å². The molecule has 1 saturated heterocycles. The molecule has 2 N–H and O–H groups in total. The number of halogens is 1. The van der Waals surface area contributed by atoms with Gasteiger partial charge >= 0.3 is 0 Å². The minimum Gasteiger partial charge on any atom is -0.483 e. The number of aromatic nitrogens is 3. The van der Waals surface area contributed by atoms with E-state index in [-0.39, 0.29) is 35.2 Å². The first-order chi connectivity index (χ1) is 14.3. The molecule has 0 spiro atoms. The van der Waals surface area contributed by atoms with E-state index < -0.39 is 0 Å². The van der Waals surface area contributed by atoms with Gasteiger partial charge in [0, 0.05) is 31.0 Å². The van der Waals surface area contributed by atoms with Gasteiger partial charge in [-0.1, -0.05) is 12.1 Å². The van der Waals surface area contributed by atoms with Crippen molar-refractivity contribution in [3.63, 3.8) is 0 Å². The van der Waals surface area contributed by atoms with Gasteiger partial charge in [0.15, 0.2) is 5.65 Å². The Labute approximate surface area is 172 Å². The lowest BCUT2D eigenvalue weighted by Crippen LogP contribution is -2.34. The van der Waals surface area contributed by atoms with Crippen molar-refractivity contribution in [2.24, 2.45) is 5.92 Å². The number of amides is 1. The quantitative estimate of drug-likeness (QED) is 0.639. The first kappa shape index (κ1) is 21.2. The van der Waals surface area contributed by atoms with E-state index in [0.29, 0.717) is 30.7 Å². The van der Waals surface area contributed by atoms with Crippen LogP contribution in [-0.2, 0) is 11.2 Å². The van der Waals surface area contributed by atoms with Gasteiger partial charge in [-0.15, -0.1) is 0 Å². The first-order valence-electron chi connectivity index (χ1n) is 9.53. The Hall–Kier alpha value is -3.49. The second-order valence-electron chi connectivity index (χ2n) is 7.41. The summed E-state index contributed by atoms with van der Waals surface area (Å²) in [6.45, 7) is 4.46. The molecule has 4 rings (SSSR count). The molecular weight excluding hydrogens is 391 g/mol. The number of carboxylic acid groups (broad SMARTS) is 1. The van der Waals surface area contributed by atoms with Crippen LogP contribution in [0.4, 0.5) is 4.39 Å². The van der Waals surface area contributed by atoms with Gasteiger partial charge in [0.05, 0.1) is 0 Å². The lowest BCUT2D eigenvalue weighted by atomic mass is 9.98. The molecule has 1 amide bonds. The predicted octanol–water partition coefficient (Wildman–Crippen LogP) is 2.18. The Balaban J connectivity index is 0.000000806. The van der Waals surface area contributed by atoms with E-state index in [4.69, 9.17) is 9.90 Å². The smallest absolute Gasteiger partial charge is 0.290 e. The molecule has 3 aromatic rings. The number of rotatable bonds is 3. The van der Waals surface area contributed by atoms with Gasteiger partial charge in [-0.2, -0.15) is 0 Å². The fourth-order valence-electron chi connectivity index (χ4n) is 3.68. The summed E-state index contributed by atoms with van der Waals surface area (Å²) in [6.07, 6.45) is 2.91. The van der Waals surface area contributed by atoms with Crippen LogP contribution in [0.5, 0.6) is 0 Å². The van der Waals surface area contributed by atoms with Crippen LogP contribution in [0.3, 0.4) is 0 Å². The summed E-state index contributed by atoms with van der Waals surface area (Å²) in [4.78, 5) is 39.7. The number of carbonyl (C=O) groups is 2. The van der Waals surface area contributed by atoms with Crippen molar-refractivity contribution in [1.29, 1.82) is 0 Å². The SMILES string of the molecule is Cc1cc2ncc(C(=O)N3CCC(Cc4ccc(C)c(F)c4)C3)c(=O)n2[nH]1.O=CO. The zero-order valence-electron chi connectivity index (χ0n) is 16.8. The minimum atomic E-state index is -0.387. The van der Waals surface area contributed by atoms with E-state index in [0.717, 1.165) is 17.7 Å². The van der Waals surface area contributed by atoms with Gasteiger partial charge in [0.1, 0.15) is 11.4 Å². The van der Waals surface area contributed by atoms with Gasteiger partial charge < -0.3 is 10.0 Å². The molecular formula is C21H23FN4O4. The summed E-state index contributed by atoms with van der Waals surface area (Å²) in [5.74, 6) is -0.248. The summed E-state index contributed by atoms with van der Waals surface area (Å²) in [6, 6.07) is 7.03. The zero-order valence-corrected chi connectivity index (χ0v) is 16.8. The molecule has 0 saturated carbocycles. The number of H-pyrrole nitrogens is 1. The molecule has 2 aromatic heterocycles. The van der Waals surface area contributed by atoms with Crippen LogP contribution in [0.25, 0.3) is 5.65 Å². The predicted molar refractivity (Wildman–Crippen MR) is 108 cm³/mol. The van der Waals surface area contributed by atoms with Crippen molar-refractivity contribution in [2.75, 3.05) is 13.1 Å². The number of benzene rings is 1. The van der Waals surface area contributed by atoms with Gasteiger partial charge in [-0.3, -0.25) is 19.5 Å². The number of aromatic amines is 1. The first-order valence-corrected chi connectivity index (χ1v) is 9.53. The Morgan fingerprint density at radius 1 is 1.37 bits per heavy atom. The maximum absolute atomic E-state index is 13.7. The van der Waals surface area contributed by atoms with E-state index in [1.54, 1.807) is 30.0 Å². The van der Waals surface area contributed by atoms with Crippen molar-refractivity contribution in [3.8, 4) is 0 Å². The molecule has 1 atom stereocenters. The number of carbonyl (C=O) groups excluding carboxylic acids is 1. The number of fused-ring (bicyclic) bond motifs is 1. The standard InChI is InChI=1S/C20H21FN4O2.CH2O2/c1-12-3-4-14(9-17(12)21)8-15-5-6-24(11-15)19(26)16-10-22-18-7-13(2)23-25(18)20(16)27;2-1-3/h3-4,7,9-10,15,23H,5-6,8,11H2,1-2H3;1H,(H,2,3). The van der Waals surface area contributed by atoms with E-state index >= 15 is 0 Å². The monoisotopic (exact) mass is 414 g/mol. The Kier molecular flexibility index (Phi) is 6.29. The summed E-state index contributed by atoms with van der Waals surface area (Å²) >= 11 is 0. The number of nitrogens with one attached hydrogen (secondary N) is 1. The van der Waals surface area contributed by atoms with Crippen LogP contribution in [-0.4, -0.2) is 50.1 Å². The van der Waals surface area contributed by atoms with Crippen molar-refractivity contribution < 1.29 is 19.1 Å². The maximum Gasteiger partial charge on any atom is 0.290 e. The third kappa shape index (κ3) is 4.40. The molecule has 0 aliphatic carbocycles. The van der Waals surface area contributed by atoms with Gasteiger partial charge in [-0.05, 0) is 49.8 Å². The highest BCUT2D eigenvalue weighted by atomic mass is 19.1. The van der Waals surface area contributed by atoms with Crippen molar-refractivity contribution in [2.45, 2.75) is 26.7 Å². The van der Waals surface area contributed by atoms with Crippen LogP contribution < -0.4 is 5.56 Å². The summed E-state index contributed by atoms with van der Waals surface area (Å²) in [5.41, 5.74) is 2.54. The Bertz CT molecular complexity index is 1140. The number of likely N-dealkylation sites (tertiary alicyclic amines) is 1. The summed E-state index contributed by atoms with van der Waals surface area (Å²) in [5, 5.41) is 9.79. The van der Waals surface area contributed by atoms with Crippen molar-refractivity contribution >= 4 is 18.0 Å². The zero-order chi connectivity index (χ0) is 21.8. The third-order valence-corrected chi connectivity index (χ3v) is 5.19.